The fourth-order valence-electron chi connectivity index (χ4n) is 10.3. The predicted molar refractivity (Wildman–Crippen MR) is 158 cm³/mol. The Balaban J connectivity index is 1.71. The van der Waals surface area contributed by atoms with Crippen LogP contribution in [0.5, 0.6) is 0 Å². The Hall–Kier alpha value is 0.490. The van der Waals surface area contributed by atoms with E-state index in [9.17, 15) is 0 Å². The summed E-state index contributed by atoms with van der Waals surface area (Å²) in [5.41, 5.74) is 0.584. The predicted octanol–water partition coefficient (Wildman–Crippen LogP) is 6.93. The Bertz CT molecular complexity index is 739. The molecule has 0 bridgehead atoms. The first-order valence-electron chi connectivity index (χ1n) is 15.2. The molecule has 12 atom stereocenters. The van der Waals surface area contributed by atoms with E-state index in [0.29, 0.717) is 67.2 Å². The van der Waals surface area contributed by atoms with E-state index in [4.69, 9.17) is 28.4 Å². The Labute approximate surface area is 246 Å². The lowest BCUT2D eigenvalue weighted by Gasteiger charge is -2.65. The van der Waals surface area contributed by atoms with Crippen molar-refractivity contribution in [1.82, 2.24) is 0 Å². The van der Waals surface area contributed by atoms with Gasteiger partial charge in [0, 0.05) is 21.3 Å². The Morgan fingerprint density at radius 3 is 2.13 bits per heavy atom. The smallest absolute Gasteiger partial charge is 0.146 e. The van der Waals surface area contributed by atoms with Gasteiger partial charge in [-0.05, 0) is 102 Å². The van der Waals surface area contributed by atoms with Crippen LogP contribution < -0.4 is 0 Å². The van der Waals surface area contributed by atoms with Crippen molar-refractivity contribution in [3.8, 4) is 0 Å². The van der Waals surface area contributed by atoms with E-state index >= 15 is 0 Å². The van der Waals surface area contributed by atoms with Gasteiger partial charge in [0.05, 0.1) is 18.3 Å². The Morgan fingerprint density at radius 1 is 0.816 bits per heavy atom. The van der Waals surface area contributed by atoms with Crippen LogP contribution in [0.3, 0.4) is 0 Å². The van der Waals surface area contributed by atoms with Crippen LogP contribution in [-0.4, -0.2) is 64.4 Å². The number of ether oxygens (including phenoxy) is 6. The van der Waals surface area contributed by atoms with Gasteiger partial charge in [-0.2, -0.15) is 0 Å². The number of fused-ring (bicyclic) bond motifs is 5. The van der Waals surface area contributed by atoms with Gasteiger partial charge in [0.2, 0.25) is 0 Å². The van der Waals surface area contributed by atoms with Crippen LogP contribution in [0.2, 0.25) is 0 Å². The molecule has 0 aromatic rings. The molecule has 4 saturated carbocycles. The van der Waals surface area contributed by atoms with Crippen molar-refractivity contribution < 1.29 is 28.4 Å². The highest BCUT2D eigenvalue weighted by Gasteiger charge is 2.67. The quantitative estimate of drug-likeness (QED) is 0.123. The highest BCUT2D eigenvalue weighted by Crippen LogP contribution is 2.70. The highest BCUT2D eigenvalue weighted by molar-refractivity contribution is 14.1. The average molecular weight is 651 g/mol. The fourth-order valence-corrected chi connectivity index (χ4v) is 11.3. The number of alkyl halides is 1. The van der Waals surface area contributed by atoms with Crippen LogP contribution in [0.15, 0.2) is 0 Å². The van der Waals surface area contributed by atoms with Crippen molar-refractivity contribution in [2.24, 2.45) is 52.3 Å². The van der Waals surface area contributed by atoms with Crippen LogP contribution in [0, 0.1) is 52.3 Å². The van der Waals surface area contributed by atoms with Crippen LogP contribution in [0.25, 0.3) is 0 Å². The summed E-state index contributed by atoms with van der Waals surface area (Å²) >= 11 is 2.55. The molecule has 0 aromatic carbocycles. The van der Waals surface area contributed by atoms with Crippen LogP contribution in [-0.2, 0) is 28.4 Å². The van der Waals surface area contributed by atoms with Gasteiger partial charge in [-0.15, -0.1) is 0 Å². The van der Waals surface area contributed by atoms with Crippen LogP contribution in [0.4, 0.5) is 0 Å². The van der Waals surface area contributed by atoms with E-state index in [1.165, 1.54) is 30.1 Å². The molecule has 4 fully saturated rings. The molecule has 4 aliphatic rings. The van der Waals surface area contributed by atoms with Crippen LogP contribution in [0.1, 0.15) is 79.1 Å². The van der Waals surface area contributed by atoms with Gasteiger partial charge in [0.15, 0.2) is 0 Å². The number of hydrogen-bond donors (Lipinski definition) is 0. The molecule has 222 valence electrons. The van der Waals surface area contributed by atoms with E-state index in [1.807, 2.05) is 0 Å². The summed E-state index contributed by atoms with van der Waals surface area (Å²) in [6.45, 7) is 11.2. The maximum atomic E-state index is 6.77. The van der Waals surface area contributed by atoms with Gasteiger partial charge >= 0.3 is 0 Å². The first kappa shape index (κ1) is 31.4. The standard InChI is InChI=1S/C31H55IO6/c1-8-22-24-15-21(36-17-33-5)9-12-30(24,3)23-10-13-31(4)25(27(23)29(22)38-19-35-7)16-26(37-18-34-6)28(31)20(2)11-14-32/h20-29H,8-19H2,1-7H3/t20-,21-,22-,23+,24+,25+,26+,27-,28+,29-,30-,31+/m1/s1. The van der Waals surface area contributed by atoms with E-state index < -0.39 is 0 Å². The molecule has 0 N–H and O–H groups in total. The minimum atomic E-state index is 0.218. The zero-order valence-electron chi connectivity index (χ0n) is 25.1. The third kappa shape index (κ3) is 5.74. The first-order chi connectivity index (χ1) is 18.3. The second kappa shape index (κ2) is 13.6. The summed E-state index contributed by atoms with van der Waals surface area (Å²) in [5.74, 6) is 4.12. The molecule has 0 spiro atoms. The van der Waals surface area contributed by atoms with Gasteiger partial charge < -0.3 is 28.4 Å². The van der Waals surface area contributed by atoms with Crippen molar-refractivity contribution in [2.75, 3.05) is 46.1 Å². The number of rotatable bonds is 13. The topological polar surface area (TPSA) is 55.4 Å². The Morgan fingerprint density at radius 2 is 1.47 bits per heavy atom. The SMILES string of the molecule is CC[C@H]1[C@@H](OCOC)[C@@H]2[C@H](CC[C@]3(C)[C@@H]([C@H](C)CCI)[C@@H](OCOC)C[C@@H]23)[C@@]2(C)CC[C@@H](OCOC)C[C@@H]12. The zero-order valence-corrected chi connectivity index (χ0v) is 27.2. The highest BCUT2D eigenvalue weighted by atomic mass is 127. The lowest BCUT2D eigenvalue weighted by molar-refractivity contribution is -0.239. The fraction of sp³-hybridized carbons (Fsp3) is 1.00. The third-order valence-electron chi connectivity index (χ3n) is 11.8. The van der Waals surface area contributed by atoms with Crippen molar-refractivity contribution in [3.63, 3.8) is 0 Å². The lowest BCUT2D eigenvalue weighted by Crippen LogP contribution is -2.63. The molecule has 0 aliphatic heterocycles. The van der Waals surface area contributed by atoms with E-state index in [-0.39, 0.29) is 23.7 Å². The minimum Gasteiger partial charge on any atom is -0.359 e. The molecular formula is C31H55IO6. The lowest BCUT2D eigenvalue weighted by atomic mass is 9.41. The van der Waals surface area contributed by atoms with Gasteiger partial charge in [-0.1, -0.05) is 56.7 Å². The molecule has 0 radical (unpaired) electrons. The number of hydrogen-bond acceptors (Lipinski definition) is 6. The van der Waals surface area contributed by atoms with E-state index in [2.05, 4.69) is 50.3 Å². The summed E-state index contributed by atoms with van der Waals surface area (Å²) in [6.07, 6.45) is 10.3. The van der Waals surface area contributed by atoms with Gasteiger partial charge in [-0.3, -0.25) is 0 Å². The molecule has 0 amide bonds. The van der Waals surface area contributed by atoms with E-state index in [0.717, 1.165) is 25.7 Å². The van der Waals surface area contributed by atoms with Gasteiger partial charge in [0.25, 0.3) is 0 Å². The van der Waals surface area contributed by atoms with Gasteiger partial charge in [0.1, 0.15) is 20.4 Å². The maximum absolute atomic E-state index is 6.77. The largest absolute Gasteiger partial charge is 0.359 e. The van der Waals surface area contributed by atoms with Crippen LogP contribution >= 0.6 is 22.6 Å². The molecular weight excluding hydrogens is 595 g/mol. The maximum Gasteiger partial charge on any atom is 0.146 e. The minimum absolute atomic E-state index is 0.218. The summed E-state index contributed by atoms with van der Waals surface area (Å²) in [7, 11) is 5.23. The molecule has 7 heteroatoms. The molecule has 4 rings (SSSR count). The van der Waals surface area contributed by atoms with Crippen molar-refractivity contribution >= 4 is 22.6 Å². The zero-order chi connectivity index (χ0) is 27.5. The monoisotopic (exact) mass is 650 g/mol. The summed E-state index contributed by atoms with van der Waals surface area (Å²) in [6, 6.07) is 0. The number of halogens is 1. The number of methoxy groups -OCH3 is 3. The van der Waals surface area contributed by atoms with E-state index in [1.54, 1.807) is 21.3 Å². The molecule has 0 saturated heterocycles. The first-order valence-corrected chi connectivity index (χ1v) is 16.7. The third-order valence-corrected chi connectivity index (χ3v) is 12.4. The van der Waals surface area contributed by atoms with Crippen molar-refractivity contribution in [3.05, 3.63) is 0 Å². The van der Waals surface area contributed by atoms with Crippen molar-refractivity contribution in [1.29, 1.82) is 0 Å². The molecule has 0 unspecified atom stereocenters. The molecule has 0 heterocycles. The normalized spacial score (nSPS) is 45.3. The summed E-state index contributed by atoms with van der Waals surface area (Å²) < 4.78 is 36.9. The Kier molecular flexibility index (Phi) is 11.3. The second-order valence-electron chi connectivity index (χ2n) is 13.4. The molecule has 0 aromatic heterocycles. The average Bonchev–Trinajstić information content (AvgIpc) is 3.21. The second-order valence-corrected chi connectivity index (χ2v) is 14.4. The molecule has 6 nitrogen and oxygen atoms in total. The molecule has 4 aliphatic carbocycles. The van der Waals surface area contributed by atoms with Crippen molar-refractivity contribution in [2.45, 2.75) is 97.4 Å². The van der Waals surface area contributed by atoms with Gasteiger partial charge in [-0.25, -0.2) is 0 Å². The summed E-state index contributed by atoms with van der Waals surface area (Å²) in [4.78, 5) is 0. The summed E-state index contributed by atoms with van der Waals surface area (Å²) in [5, 5.41) is 0. The molecule has 38 heavy (non-hydrogen) atoms.